The molecule has 224 valence electrons. The monoisotopic (exact) mass is 593 g/mol. The van der Waals surface area contributed by atoms with Gasteiger partial charge in [0.2, 0.25) is 0 Å². The van der Waals surface area contributed by atoms with Crippen molar-refractivity contribution in [3.63, 3.8) is 0 Å². The summed E-state index contributed by atoms with van der Waals surface area (Å²) < 4.78 is 0. The number of aliphatic imine (C=N–C) groups is 1. The van der Waals surface area contributed by atoms with E-state index in [1.807, 2.05) is 60.7 Å². The molecule has 0 aromatic heterocycles. The number of carbonyl (C=O) groups excluding carboxylic acids is 1. The van der Waals surface area contributed by atoms with E-state index in [0.717, 1.165) is 35.6 Å². The van der Waals surface area contributed by atoms with Crippen LogP contribution in [0.4, 0.5) is 17.1 Å². The average Bonchev–Trinajstić information content (AvgIpc) is 3.07. The minimum Gasteiger partial charge on any atom is -0.383 e. The molecule has 0 unspecified atom stereocenters. The molecule has 0 saturated carbocycles. The molecule has 1 amide bonds. The Morgan fingerprint density at radius 3 is 1.98 bits per heavy atom. The maximum atomic E-state index is 13.4. The zero-order valence-corrected chi connectivity index (χ0v) is 24.9. The zero-order valence-electron chi connectivity index (χ0n) is 24.9. The highest BCUT2D eigenvalue weighted by Crippen LogP contribution is 2.30. The van der Waals surface area contributed by atoms with E-state index in [9.17, 15) is 10.1 Å². The van der Waals surface area contributed by atoms with Crippen molar-refractivity contribution in [2.75, 3.05) is 28.6 Å². The summed E-state index contributed by atoms with van der Waals surface area (Å²) in [6, 6.07) is 43.6. The largest absolute Gasteiger partial charge is 0.383 e. The number of benzene rings is 5. The first-order chi connectivity index (χ1) is 22.0. The summed E-state index contributed by atoms with van der Waals surface area (Å²) >= 11 is 0. The number of amides is 1. The molecule has 0 aliphatic heterocycles. The number of nitrogens with one attached hydrogen (secondary N) is 2. The minimum atomic E-state index is -0.227. The Morgan fingerprint density at radius 2 is 1.40 bits per heavy atom. The van der Waals surface area contributed by atoms with E-state index in [1.165, 1.54) is 11.1 Å². The fraction of sp³-hybridized carbons (Fsp3) is 0.108. The van der Waals surface area contributed by atoms with Crippen LogP contribution in [0.3, 0.4) is 0 Å². The SMILES string of the molecule is N#Cc1ccc(-c2cc(C(=O)Nc3ccc(N(Cc4ccccc4)Cc4ccccc4)cc3)ccc2NCCN=C(N)N)cc1. The van der Waals surface area contributed by atoms with Crippen LogP contribution in [-0.2, 0) is 13.1 Å². The van der Waals surface area contributed by atoms with E-state index in [0.29, 0.717) is 29.9 Å². The molecule has 5 aromatic rings. The summed E-state index contributed by atoms with van der Waals surface area (Å²) in [5.41, 5.74) is 18.7. The summed E-state index contributed by atoms with van der Waals surface area (Å²) in [6.45, 7) is 2.42. The molecule has 0 fully saturated rings. The minimum absolute atomic E-state index is 0.0317. The third kappa shape index (κ3) is 8.49. The second-order valence-electron chi connectivity index (χ2n) is 10.5. The Hall–Kier alpha value is -6.07. The molecule has 0 heterocycles. The topological polar surface area (TPSA) is 133 Å². The molecule has 6 N–H and O–H groups in total. The third-order valence-electron chi connectivity index (χ3n) is 7.25. The van der Waals surface area contributed by atoms with Crippen LogP contribution in [0.25, 0.3) is 11.1 Å². The molecule has 5 rings (SSSR count). The Bertz CT molecular complexity index is 1730. The van der Waals surface area contributed by atoms with Crippen molar-refractivity contribution in [1.82, 2.24) is 0 Å². The van der Waals surface area contributed by atoms with Crippen LogP contribution in [0, 0.1) is 11.3 Å². The predicted octanol–water partition coefficient (Wildman–Crippen LogP) is 6.37. The molecule has 0 spiro atoms. The zero-order chi connectivity index (χ0) is 31.4. The smallest absolute Gasteiger partial charge is 0.255 e. The van der Waals surface area contributed by atoms with E-state index < -0.39 is 0 Å². The van der Waals surface area contributed by atoms with Crippen molar-refractivity contribution in [3.8, 4) is 17.2 Å². The number of hydrogen-bond acceptors (Lipinski definition) is 5. The highest BCUT2D eigenvalue weighted by atomic mass is 16.1. The van der Waals surface area contributed by atoms with Gasteiger partial charge in [0, 0.05) is 47.8 Å². The van der Waals surface area contributed by atoms with E-state index in [4.69, 9.17) is 11.5 Å². The van der Waals surface area contributed by atoms with Crippen molar-refractivity contribution in [3.05, 3.63) is 150 Å². The van der Waals surface area contributed by atoms with Crippen LogP contribution < -0.4 is 27.0 Å². The molecule has 0 atom stereocenters. The Morgan fingerprint density at radius 1 is 0.778 bits per heavy atom. The van der Waals surface area contributed by atoms with Crippen LogP contribution in [0.2, 0.25) is 0 Å². The normalized spacial score (nSPS) is 10.4. The maximum absolute atomic E-state index is 13.4. The van der Waals surface area contributed by atoms with Gasteiger partial charge >= 0.3 is 0 Å². The van der Waals surface area contributed by atoms with Gasteiger partial charge in [-0.05, 0) is 71.3 Å². The van der Waals surface area contributed by atoms with Crippen LogP contribution in [-0.4, -0.2) is 25.0 Å². The van der Waals surface area contributed by atoms with Gasteiger partial charge in [0.15, 0.2) is 5.96 Å². The van der Waals surface area contributed by atoms with Gasteiger partial charge in [-0.25, -0.2) is 0 Å². The van der Waals surface area contributed by atoms with E-state index >= 15 is 0 Å². The van der Waals surface area contributed by atoms with Gasteiger partial charge in [-0.3, -0.25) is 9.79 Å². The molecule has 45 heavy (non-hydrogen) atoms. The maximum Gasteiger partial charge on any atom is 0.255 e. The van der Waals surface area contributed by atoms with Crippen molar-refractivity contribution in [1.29, 1.82) is 5.26 Å². The molecule has 8 nitrogen and oxygen atoms in total. The van der Waals surface area contributed by atoms with E-state index in [1.54, 1.807) is 18.2 Å². The van der Waals surface area contributed by atoms with Gasteiger partial charge in [-0.1, -0.05) is 72.8 Å². The second kappa shape index (κ2) is 14.9. The average molecular weight is 594 g/mol. The van der Waals surface area contributed by atoms with Crippen molar-refractivity contribution in [2.45, 2.75) is 13.1 Å². The fourth-order valence-corrected chi connectivity index (χ4v) is 4.98. The molecular formula is C37H35N7O. The second-order valence-corrected chi connectivity index (χ2v) is 10.5. The lowest BCUT2D eigenvalue weighted by Gasteiger charge is -2.25. The van der Waals surface area contributed by atoms with Crippen LogP contribution in [0.5, 0.6) is 0 Å². The van der Waals surface area contributed by atoms with Gasteiger partial charge in [0.1, 0.15) is 0 Å². The molecular weight excluding hydrogens is 558 g/mol. The van der Waals surface area contributed by atoms with Gasteiger partial charge in [-0.15, -0.1) is 0 Å². The number of hydrogen-bond donors (Lipinski definition) is 4. The van der Waals surface area contributed by atoms with Crippen molar-refractivity contribution in [2.24, 2.45) is 16.5 Å². The summed E-state index contributed by atoms with van der Waals surface area (Å²) in [4.78, 5) is 19.8. The number of nitrogens with zero attached hydrogens (tertiary/aromatic N) is 3. The number of anilines is 3. The van der Waals surface area contributed by atoms with Crippen molar-refractivity contribution >= 4 is 28.9 Å². The van der Waals surface area contributed by atoms with E-state index in [-0.39, 0.29) is 11.9 Å². The standard InChI is InChI=1S/C37H35N7O/c38-24-27-11-13-30(14-12-27)34-23-31(15-20-35(34)41-21-22-42-37(39)40)36(45)43-32-16-18-33(19-17-32)44(25-28-7-3-1-4-8-28)26-29-9-5-2-6-10-29/h1-20,23,41H,21-22,25-26H2,(H,43,45)(H4,39,40,42). The summed E-state index contributed by atoms with van der Waals surface area (Å²) in [5, 5.41) is 15.6. The summed E-state index contributed by atoms with van der Waals surface area (Å²) in [7, 11) is 0. The number of nitriles is 1. The fourth-order valence-electron chi connectivity index (χ4n) is 4.98. The number of nitrogens with two attached hydrogens (primary N) is 2. The quantitative estimate of drug-likeness (QED) is 0.0755. The number of guanidine groups is 1. The third-order valence-corrected chi connectivity index (χ3v) is 7.25. The number of carbonyl (C=O) groups is 1. The molecule has 0 aliphatic rings. The molecule has 0 saturated heterocycles. The first kappa shape index (κ1) is 30.4. The Kier molecular flexibility index (Phi) is 10.1. The first-order valence-electron chi connectivity index (χ1n) is 14.7. The lowest BCUT2D eigenvalue weighted by Crippen LogP contribution is -2.24. The highest BCUT2D eigenvalue weighted by Gasteiger charge is 2.14. The Balaban J connectivity index is 1.34. The van der Waals surface area contributed by atoms with Crippen molar-refractivity contribution < 1.29 is 4.79 Å². The van der Waals surface area contributed by atoms with E-state index in [2.05, 4.69) is 75.1 Å². The molecule has 0 bridgehead atoms. The Labute approximate surface area is 263 Å². The molecule has 0 aliphatic carbocycles. The van der Waals surface area contributed by atoms with Gasteiger partial charge in [0.25, 0.3) is 5.91 Å². The lowest BCUT2D eigenvalue weighted by molar-refractivity contribution is 0.102. The molecule has 5 aromatic carbocycles. The van der Waals surface area contributed by atoms with Crippen LogP contribution >= 0.6 is 0 Å². The lowest BCUT2D eigenvalue weighted by atomic mass is 9.99. The molecule has 0 radical (unpaired) electrons. The molecule has 8 heteroatoms. The van der Waals surface area contributed by atoms with Crippen LogP contribution in [0.1, 0.15) is 27.0 Å². The van der Waals surface area contributed by atoms with Gasteiger partial charge in [-0.2, -0.15) is 5.26 Å². The van der Waals surface area contributed by atoms with Crippen LogP contribution in [0.15, 0.2) is 132 Å². The first-order valence-corrected chi connectivity index (χ1v) is 14.7. The summed E-state index contributed by atoms with van der Waals surface area (Å²) in [6.07, 6.45) is 0. The van der Waals surface area contributed by atoms with Gasteiger partial charge in [0.05, 0.1) is 18.2 Å². The number of rotatable bonds is 12. The van der Waals surface area contributed by atoms with Gasteiger partial charge < -0.3 is 27.0 Å². The highest BCUT2D eigenvalue weighted by molar-refractivity contribution is 6.05. The summed E-state index contributed by atoms with van der Waals surface area (Å²) in [5.74, 6) is -0.195. The predicted molar refractivity (Wildman–Crippen MR) is 183 cm³/mol.